The minimum absolute atomic E-state index is 0.0111. The summed E-state index contributed by atoms with van der Waals surface area (Å²) in [5.41, 5.74) is 1.74. The number of carboxylic acid groups (broad SMARTS) is 1. The molecule has 0 radical (unpaired) electrons. The van der Waals surface area contributed by atoms with Gasteiger partial charge in [-0.3, -0.25) is 9.59 Å². The van der Waals surface area contributed by atoms with Crippen molar-refractivity contribution in [3.8, 4) is 0 Å². The number of aromatic nitrogens is 1. The number of amides is 1. The first-order valence-corrected chi connectivity index (χ1v) is 10.8. The highest BCUT2D eigenvalue weighted by Gasteiger charge is 2.28. The maximum Gasteiger partial charge on any atom is 0.326 e. The summed E-state index contributed by atoms with van der Waals surface area (Å²) in [7, 11) is 0. The van der Waals surface area contributed by atoms with E-state index in [1.54, 1.807) is 24.5 Å². The van der Waals surface area contributed by atoms with Crippen LogP contribution in [0, 0.1) is 5.92 Å². The first-order valence-electron chi connectivity index (χ1n) is 10.8. The lowest BCUT2D eigenvalue weighted by molar-refractivity contribution is -0.140. The lowest BCUT2D eigenvalue weighted by atomic mass is 9.95. The second-order valence-corrected chi connectivity index (χ2v) is 8.53. The van der Waals surface area contributed by atoms with E-state index in [-0.39, 0.29) is 23.1 Å². The average molecular weight is 405 g/mol. The van der Waals surface area contributed by atoms with Crippen LogP contribution in [0.15, 0.2) is 10.9 Å². The third-order valence-electron chi connectivity index (χ3n) is 5.97. The Balaban J connectivity index is 1.99. The number of nitrogens with one attached hydrogen (secondary N) is 1. The summed E-state index contributed by atoms with van der Waals surface area (Å²) < 4.78 is 7.48. The molecule has 0 spiro atoms. The number of nitrogens with zero attached hydrogens (tertiary/aromatic N) is 1. The number of hydrogen-bond donors (Lipinski definition) is 2. The number of carboxylic acids is 1. The van der Waals surface area contributed by atoms with E-state index in [1.165, 1.54) is 0 Å². The van der Waals surface area contributed by atoms with Gasteiger partial charge in [0, 0.05) is 12.3 Å². The Morgan fingerprint density at radius 1 is 1.21 bits per heavy atom. The normalized spacial score (nSPS) is 20.6. The van der Waals surface area contributed by atoms with E-state index in [0.717, 1.165) is 62.6 Å². The van der Waals surface area contributed by atoms with Gasteiger partial charge in [0.15, 0.2) is 0 Å². The van der Waals surface area contributed by atoms with Crippen molar-refractivity contribution < 1.29 is 19.4 Å². The summed E-state index contributed by atoms with van der Waals surface area (Å²) in [6, 6.07) is 0.666. The van der Waals surface area contributed by atoms with Crippen LogP contribution in [0.4, 0.5) is 0 Å². The second-order valence-electron chi connectivity index (χ2n) is 8.53. The van der Waals surface area contributed by atoms with Crippen LogP contribution in [0.25, 0.3) is 0 Å². The fourth-order valence-electron chi connectivity index (χ4n) is 4.31. The number of fused-ring (bicyclic) bond motifs is 1. The highest BCUT2D eigenvalue weighted by Crippen LogP contribution is 2.22. The first kappa shape index (κ1) is 21.6. The molecule has 160 valence electrons. The van der Waals surface area contributed by atoms with Crippen molar-refractivity contribution in [2.75, 3.05) is 6.61 Å². The van der Waals surface area contributed by atoms with Crippen LogP contribution in [0.2, 0.25) is 0 Å². The smallest absolute Gasteiger partial charge is 0.326 e. The van der Waals surface area contributed by atoms with Gasteiger partial charge in [-0.2, -0.15) is 0 Å². The predicted molar refractivity (Wildman–Crippen MR) is 109 cm³/mol. The van der Waals surface area contributed by atoms with E-state index < -0.39 is 17.9 Å². The van der Waals surface area contributed by atoms with Crippen LogP contribution in [0.1, 0.15) is 74.0 Å². The van der Waals surface area contributed by atoms with Crippen LogP contribution in [-0.4, -0.2) is 40.3 Å². The van der Waals surface area contributed by atoms with Gasteiger partial charge in [0.25, 0.3) is 11.5 Å². The minimum Gasteiger partial charge on any atom is -0.480 e. The molecule has 0 aromatic carbocycles. The summed E-state index contributed by atoms with van der Waals surface area (Å²) in [4.78, 5) is 37.7. The molecule has 2 aliphatic rings. The molecule has 7 heteroatoms. The van der Waals surface area contributed by atoms with Crippen LogP contribution in [-0.2, 0) is 28.9 Å². The zero-order valence-corrected chi connectivity index (χ0v) is 17.4. The fraction of sp³-hybridized carbons (Fsp3) is 0.682. The van der Waals surface area contributed by atoms with Crippen LogP contribution >= 0.6 is 0 Å². The molecule has 1 aromatic rings. The van der Waals surface area contributed by atoms with E-state index >= 15 is 0 Å². The Kier molecular flexibility index (Phi) is 7.11. The largest absolute Gasteiger partial charge is 0.480 e. The third kappa shape index (κ3) is 5.07. The van der Waals surface area contributed by atoms with Gasteiger partial charge >= 0.3 is 5.97 Å². The van der Waals surface area contributed by atoms with E-state index in [2.05, 4.69) is 5.32 Å². The number of aliphatic carboxylic acids is 1. The molecule has 1 aliphatic carbocycles. The number of pyridine rings is 1. The third-order valence-corrected chi connectivity index (χ3v) is 5.97. The lowest BCUT2D eigenvalue weighted by Gasteiger charge is -2.23. The van der Waals surface area contributed by atoms with Gasteiger partial charge in [-0.25, -0.2) is 4.79 Å². The van der Waals surface area contributed by atoms with Crippen molar-refractivity contribution in [3.63, 3.8) is 0 Å². The molecular formula is C22H32N2O5. The summed E-state index contributed by atoms with van der Waals surface area (Å²) in [6.07, 6.45) is 7.86. The van der Waals surface area contributed by atoms with Crippen molar-refractivity contribution in [2.24, 2.45) is 5.92 Å². The Bertz CT molecular complexity index is 808. The summed E-state index contributed by atoms with van der Waals surface area (Å²) in [5, 5.41) is 11.9. The molecule has 1 aromatic heterocycles. The topological polar surface area (TPSA) is 97.6 Å². The number of carbonyl (C=O) groups excluding carboxylic acids is 1. The standard InChI is InChI=1S/C22H32N2O5/c1-14(2)19(22(27)28)23-20(25)17-12-15-8-5-3-4-6-10-18(15)24(21(17)26)13-16-9-7-11-29-16/h12,14,16,19H,3-11,13H2,1-2H3,(H,23,25)(H,27,28)/t16?,19-/m0/s1. The zero-order chi connectivity index (χ0) is 21.0. The molecule has 1 fully saturated rings. The Labute approximate surface area is 171 Å². The minimum atomic E-state index is -1.10. The number of hydrogen-bond acceptors (Lipinski definition) is 4. The molecule has 7 nitrogen and oxygen atoms in total. The molecule has 2 atom stereocenters. The first-order chi connectivity index (χ1) is 13.9. The van der Waals surface area contributed by atoms with Gasteiger partial charge < -0.3 is 19.7 Å². The van der Waals surface area contributed by atoms with E-state index in [0.29, 0.717) is 13.2 Å². The quantitative estimate of drug-likeness (QED) is 0.759. The monoisotopic (exact) mass is 404 g/mol. The Morgan fingerprint density at radius 2 is 1.93 bits per heavy atom. The molecule has 3 rings (SSSR count). The van der Waals surface area contributed by atoms with E-state index in [9.17, 15) is 19.5 Å². The zero-order valence-electron chi connectivity index (χ0n) is 17.4. The number of carbonyl (C=O) groups is 2. The molecule has 0 bridgehead atoms. The number of aryl methyl sites for hydroxylation is 1. The highest BCUT2D eigenvalue weighted by atomic mass is 16.5. The maximum absolute atomic E-state index is 13.3. The van der Waals surface area contributed by atoms with Crippen molar-refractivity contribution >= 4 is 11.9 Å². The fourth-order valence-corrected chi connectivity index (χ4v) is 4.31. The number of ether oxygens (including phenoxy) is 1. The molecule has 1 unspecified atom stereocenters. The summed E-state index contributed by atoms with van der Waals surface area (Å²) >= 11 is 0. The molecule has 1 saturated heterocycles. The van der Waals surface area contributed by atoms with Crippen LogP contribution < -0.4 is 10.9 Å². The van der Waals surface area contributed by atoms with Gasteiger partial charge in [0.05, 0.1) is 12.6 Å². The molecule has 1 aliphatic heterocycles. The van der Waals surface area contributed by atoms with Gasteiger partial charge in [-0.15, -0.1) is 0 Å². The molecule has 0 saturated carbocycles. The van der Waals surface area contributed by atoms with Crippen LogP contribution in [0.5, 0.6) is 0 Å². The Morgan fingerprint density at radius 3 is 2.55 bits per heavy atom. The maximum atomic E-state index is 13.3. The SMILES string of the molecule is CC(C)[C@H](NC(=O)c1cc2c(n(CC3CCCO3)c1=O)CCCCCC2)C(=O)O. The average Bonchev–Trinajstić information content (AvgIpc) is 3.15. The molecule has 29 heavy (non-hydrogen) atoms. The van der Waals surface area contributed by atoms with Crippen molar-refractivity contribution in [2.45, 2.75) is 83.9 Å². The highest BCUT2D eigenvalue weighted by molar-refractivity contribution is 5.96. The van der Waals surface area contributed by atoms with Crippen LogP contribution in [0.3, 0.4) is 0 Å². The Hall–Kier alpha value is -2.15. The summed E-state index contributed by atoms with van der Waals surface area (Å²) in [5.74, 6) is -1.99. The van der Waals surface area contributed by atoms with Gasteiger partial charge in [0.2, 0.25) is 0 Å². The predicted octanol–water partition coefficient (Wildman–Crippen LogP) is 2.53. The molecule has 2 N–H and O–H groups in total. The van der Waals surface area contributed by atoms with Crippen molar-refractivity contribution in [1.29, 1.82) is 0 Å². The van der Waals surface area contributed by atoms with E-state index in [4.69, 9.17) is 4.74 Å². The summed E-state index contributed by atoms with van der Waals surface area (Å²) in [6.45, 7) is 4.62. The lowest BCUT2D eigenvalue weighted by Crippen LogP contribution is -2.46. The molecule has 2 heterocycles. The second kappa shape index (κ2) is 9.57. The number of rotatable bonds is 6. The van der Waals surface area contributed by atoms with Crippen molar-refractivity contribution in [3.05, 3.63) is 33.2 Å². The molecule has 1 amide bonds. The van der Waals surface area contributed by atoms with Gasteiger partial charge in [0.1, 0.15) is 11.6 Å². The molecular weight excluding hydrogens is 372 g/mol. The van der Waals surface area contributed by atoms with Crippen molar-refractivity contribution in [1.82, 2.24) is 9.88 Å². The van der Waals surface area contributed by atoms with Gasteiger partial charge in [-0.05, 0) is 56.1 Å². The van der Waals surface area contributed by atoms with Gasteiger partial charge in [-0.1, -0.05) is 26.7 Å². The van der Waals surface area contributed by atoms with E-state index in [1.807, 2.05) is 0 Å².